The van der Waals surface area contributed by atoms with Crippen LogP contribution in [-0.2, 0) is 0 Å². The van der Waals surface area contributed by atoms with Crippen molar-refractivity contribution in [2.45, 2.75) is 45.6 Å². The maximum atomic E-state index is 12.1. The van der Waals surface area contributed by atoms with Crippen LogP contribution in [0.5, 0.6) is 0 Å². The van der Waals surface area contributed by atoms with E-state index in [-0.39, 0.29) is 17.9 Å². The second-order valence-corrected chi connectivity index (χ2v) is 7.15. The number of nitrogens with one attached hydrogen (secondary N) is 1. The zero-order valence-corrected chi connectivity index (χ0v) is 12.5. The third-order valence-electron chi connectivity index (χ3n) is 3.73. The standard InChI is InChI=1S/C13H21N3O2S/c1-9-4-12(2,3)7-13(5-9,8-17)14-11(18)10-6-19-16-15-10/h6,9,17H,4-5,7-8H2,1-3H3,(H,14,18)/t9-,13-/m0/s1. The Bertz CT molecular complexity index is 447. The summed E-state index contributed by atoms with van der Waals surface area (Å²) in [6.07, 6.45) is 2.70. The van der Waals surface area contributed by atoms with Crippen LogP contribution in [0.25, 0.3) is 0 Å². The molecule has 2 N–H and O–H groups in total. The summed E-state index contributed by atoms with van der Waals surface area (Å²) in [4.78, 5) is 12.1. The number of aromatic nitrogens is 2. The van der Waals surface area contributed by atoms with Crippen molar-refractivity contribution >= 4 is 17.4 Å². The molecule has 0 unspecified atom stereocenters. The van der Waals surface area contributed by atoms with Crippen LogP contribution in [0.2, 0.25) is 0 Å². The fraction of sp³-hybridized carbons (Fsp3) is 0.769. The predicted molar refractivity (Wildman–Crippen MR) is 74.0 cm³/mol. The van der Waals surface area contributed by atoms with E-state index in [0.29, 0.717) is 11.6 Å². The molecule has 1 aliphatic rings. The molecule has 1 heterocycles. The van der Waals surface area contributed by atoms with Gasteiger partial charge >= 0.3 is 0 Å². The van der Waals surface area contributed by atoms with Crippen LogP contribution < -0.4 is 5.32 Å². The Morgan fingerprint density at radius 1 is 1.58 bits per heavy atom. The highest BCUT2D eigenvalue weighted by Gasteiger charge is 2.43. The summed E-state index contributed by atoms with van der Waals surface area (Å²) < 4.78 is 3.70. The molecule has 0 bridgehead atoms. The number of rotatable bonds is 3. The minimum Gasteiger partial charge on any atom is -0.394 e. The number of aliphatic hydroxyl groups excluding tert-OH is 1. The van der Waals surface area contributed by atoms with Crippen LogP contribution in [0.3, 0.4) is 0 Å². The Labute approximate surface area is 117 Å². The van der Waals surface area contributed by atoms with Crippen molar-refractivity contribution in [1.82, 2.24) is 14.9 Å². The van der Waals surface area contributed by atoms with Gasteiger partial charge in [-0.25, -0.2) is 0 Å². The normalized spacial score (nSPS) is 30.0. The van der Waals surface area contributed by atoms with Crippen LogP contribution in [0.1, 0.15) is 50.5 Å². The zero-order chi connectivity index (χ0) is 14.1. The second kappa shape index (κ2) is 5.17. The summed E-state index contributed by atoms with van der Waals surface area (Å²) in [5.41, 5.74) is -0.0931. The second-order valence-electron chi connectivity index (χ2n) is 6.54. The van der Waals surface area contributed by atoms with Gasteiger partial charge in [-0.15, -0.1) is 5.10 Å². The molecule has 19 heavy (non-hydrogen) atoms. The van der Waals surface area contributed by atoms with E-state index < -0.39 is 5.54 Å². The van der Waals surface area contributed by atoms with E-state index in [1.807, 2.05) is 0 Å². The lowest BCUT2D eigenvalue weighted by Crippen LogP contribution is -2.57. The highest BCUT2D eigenvalue weighted by Crippen LogP contribution is 2.43. The smallest absolute Gasteiger partial charge is 0.273 e. The van der Waals surface area contributed by atoms with Crippen LogP contribution >= 0.6 is 11.5 Å². The molecule has 2 rings (SSSR count). The Balaban J connectivity index is 2.16. The molecule has 2 atom stereocenters. The first-order chi connectivity index (χ1) is 8.86. The summed E-state index contributed by atoms with van der Waals surface area (Å²) in [5.74, 6) is 0.234. The lowest BCUT2D eigenvalue weighted by atomic mass is 9.64. The fourth-order valence-corrected chi connectivity index (χ4v) is 4.00. The zero-order valence-electron chi connectivity index (χ0n) is 11.6. The van der Waals surface area contributed by atoms with Crippen LogP contribution in [-0.4, -0.2) is 32.7 Å². The van der Waals surface area contributed by atoms with Crippen molar-refractivity contribution in [3.05, 3.63) is 11.1 Å². The summed E-state index contributed by atoms with van der Waals surface area (Å²) >= 11 is 1.15. The number of hydrogen-bond donors (Lipinski definition) is 2. The molecule has 106 valence electrons. The minimum atomic E-state index is -0.540. The van der Waals surface area contributed by atoms with Gasteiger partial charge in [-0.3, -0.25) is 4.79 Å². The quantitative estimate of drug-likeness (QED) is 0.887. The first-order valence-corrected chi connectivity index (χ1v) is 7.40. The van der Waals surface area contributed by atoms with E-state index in [9.17, 15) is 9.90 Å². The van der Waals surface area contributed by atoms with Crippen LogP contribution in [0, 0.1) is 11.3 Å². The average molecular weight is 283 g/mol. The molecule has 0 aliphatic heterocycles. The fourth-order valence-electron chi connectivity index (χ4n) is 3.57. The monoisotopic (exact) mass is 283 g/mol. The van der Waals surface area contributed by atoms with Gasteiger partial charge in [-0.2, -0.15) is 0 Å². The van der Waals surface area contributed by atoms with Crippen LogP contribution in [0.15, 0.2) is 5.38 Å². The first kappa shape index (κ1) is 14.4. The van der Waals surface area contributed by atoms with E-state index in [1.165, 1.54) is 0 Å². The lowest BCUT2D eigenvalue weighted by Gasteiger charge is -2.47. The molecule has 0 radical (unpaired) electrons. The van der Waals surface area contributed by atoms with E-state index in [1.54, 1.807) is 5.38 Å². The first-order valence-electron chi connectivity index (χ1n) is 6.56. The summed E-state index contributed by atoms with van der Waals surface area (Å²) in [6.45, 7) is 6.50. The van der Waals surface area contributed by atoms with Gasteiger partial charge < -0.3 is 10.4 Å². The van der Waals surface area contributed by atoms with Gasteiger partial charge in [-0.1, -0.05) is 25.3 Å². The molecule has 0 saturated heterocycles. The Kier molecular flexibility index (Phi) is 3.92. The molecule has 1 aromatic rings. The van der Waals surface area contributed by atoms with Gasteiger partial charge in [0.2, 0.25) is 0 Å². The van der Waals surface area contributed by atoms with Gasteiger partial charge in [0.05, 0.1) is 12.1 Å². The van der Waals surface area contributed by atoms with Gasteiger partial charge in [-0.05, 0) is 42.1 Å². The molecular formula is C13H21N3O2S. The maximum Gasteiger partial charge on any atom is 0.273 e. The summed E-state index contributed by atoms with van der Waals surface area (Å²) in [7, 11) is 0. The summed E-state index contributed by atoms with van der Waals surface area (Å²) in [6, 6.07) is 0. The van der Waals surface area contributed by atoms with Gasteiger partial charge in [0.15, 0.2) is 5.69 Å². The van der Waals surface area contributed by atoms with Crippen molar-refractivity contribution in [2.75, 3.05) is 6.61 Å². The largest absolute Gasteiger partial charge is 0.394 e. The van der Waals surface area contributed by atoms with E-state index in [4.69, 9.17) is 0 Å². The van der Waals surface area contributed by atoms with Crippen molar-refractivity contribution in [1.29, 1.82) is 0 Å². The van der Waals surface area contributed by atoms with Crippen molar-refractivity contribution in [2.24, 2.45) is 11.3 Å². The highest BCUT2D eigenvalue weighted by atomic mass is 32.1. The molecule has 0 spiro atoms. The van der Waals surface area contributed by atoms with Crippen LogP contribution in [0.4, 0.5) is 0 Å². The molecule has 5 nitrogen and oxygen atoms in total. The average Bonchev–Trinajstić information content (AvgIpc) is 2.79. The van der Waals surface area contributed by atoms with Gasteiger partial charge in [0, 0.05) is 5.38 Å². The maximum absolute atomic E-state index is 12.1. The predicted octanol–water partition coefficient (Wildman–Crippen LogP) is 1.85. The Morgan fingerprint density at radius 3 is 2.84 bits per heavy atom. The van der Waals surface area contributed by atoms with Crippen molar-refractivity contribution in [3.8, 4) is 0 Å². The van der Waals surface area contributed by atoms with E-state index >= 15 is 0 Å². The number of nitrogens with zero attached hydrogens (tertiary/aromatic N) is 2. The molecule has 1 fully saturated rings. The molecule has 1 saturated carbocycles. The molecule has 0 aromatic carbocycles. The highest BCUT2D eigenvalue weighted by molar-refractivity contribution is 7.03. The molecule has 1 amide bonds. The topological polar surface area (TPSA) is 75.1 Å². The number of aliphatic hydroxyl groups is 1. The third-order valence-corrected chi connectivity index (χ3v) is 4.24. The van der Waals surface area contributed by atoms with E-state index in [0.717, 1.165) is 30.8 Å². The Morgan fingerprint density at radius 2 is 2.32 bits per heavy atom. The van der Waals surface area contributed by atoms with Gasteiger partial charge in [0.1, 0.15) is 0 Å². The number of carbonyl (C=O) groups is 1. The lowest BCUT2D eigenvalue weighted by molar-refractivity contribution is 0.0332. The Hall–Kier alpha value is -1.01. The third kappa shape index (κ3) is 3.30. The molecular weight excluding hydrogens is 262 g/mol. The number of amides is 1. The molecule has 1 aromatic heterocycles. The number of hydrogen-bond acceptors (Lipinski definition) is 5. The number of carbonyl (C=O) groups excluding carboxylic acids is 1. The van der Waals surface area contributed by atoms with E-state index in [2.05, 4.69) is 35.7 Å². The molecule has 1 aliphatic carbocycles. The SMILES string of the molecule is C[C@H]1CC(C)(C)C[C@@](CO)(NC(=O)c2csnn2)C1. The van der Waals surface area contributed by atoms with Crippen molar-refractivity contribution < 1.29 is 9.90 Å². The minimum absolute atomic E-state index is 0.0376. The van der Waals surface area contributed by atoms with Crippen molar-refractivity contribution in [3.63, 3.8) is 0 Å². The molecule has 6 heteroatoms. The summed E-state index contributed by atoms with van der Waals surface area (Å²) in [5, 5.41) is 18.2. The van der Waals surface area contributed by atoms with Gasteiger partial charge in [0.25, 0.3) is 5.91 Å².